The Morgan fingerprint density at radius 1 is 1.00 bits per heavy atom. The normalized spacial score (nSPS) is 15.0. The Morgan fingerprint density at radius 3 is 2.29 bits per heavy atom. The van der Waals surface area contributed by atoms with E-state index in [9.17, 15) is 32.3 Å². The Morgan fingerprint density at radius 2 is 1.67 bits per heavy atom. The number of hydrogen-bond donors (Lipinski definition) is 3. The molecule has 2 amide bonds. The average molecular weight is 707 g/mol. The zero-order valence-electron chi connectivity index (χ0n) is 29.3. The number of alkyl halides is 3. The Labute approximate surface area is 293 Å². The molecule has 3 N–H and O–H groups in total. The number of ketones is 1. The van der Waals surface area contributed by atoms with Crippen LogP contribution in [0.25, 0.3) is 16.5 Å². The number of aliphatic imine (C=N–C) groups is 1. The van der Waals surface area contributed by atoms with E-state index >= 15 is 0 Å². The van der Waals surface area contributed by atoms with E-state index in [-0.39, 0.29) is 41.9 Å². The van der Waals surface area contributed by atoms with E-state index < -0.39 is 52.7 Å². The van der Waals surface area contributed by atoms with Crippen LogP contribution in [0.3, 0.4) is 0 Å². The summed E-state index contributed by atoms with van der Waals surface area (Å²) in [6.45, 7) is 13.6. The van der Waals surface area contributed by atoms with Crippen molar-refractivity contribution < 1.29 is 41.8 Å². The molecule has 10 nitrogen and oxygen atoms in total. The van der Waals surface area contributed by atoms with E-state index in [2.05, 4.69) is 27.2 Å². The van der Waals surface area contributed by atoms with Gasteiger partial charge in [-0.3, -0.25) is 14.6 Å². The first-order valence-corrected chi connectivity index (χ1v) is 16.2. The highest BCUT2D eigenvalue weighted by Gasteiger charge is 2.36. The highest BCUT2D eigenvalue weighted by atomic mass is 19.4. The van der Waals surface area contributed by atoms with Crippen LogP contribution in [0.5, 0.6) is 0 Å². The molecular weight excluding hydrogens is 665 g/mol. The molecule has 13 heteroatoms. The number of hydrogen-bond acceptors (Lipinski definition) is 7. The van der Waals surface area contributed by atoms with Crippen molar-refractivity contribution in [3.05, 3.63) is 101 Å². The molecule has 3 aromatic rings. The van der Waals surface area contributed by atoms with Crippen LogP contribution in [0.15, 0.2) is 89.2 Å². The highest BCUT2D eigenvalue weighted by molar-refractivity contribution is 6.19. The first-order chi connectivity index (χ1) is 23.8. The van der Waals surface area contributed by atoms with Gasteiger partial charge in [0.2, 0.25) is 5.91 Å². The maximum Gasteiger partial charge on any atom is 0.416 e. The summed E-state index contributed by atoms with van der Waals surface area (Å²) in [5.74, 6) is -2.04. The standard InChI is InChI=1S/C38H41F3N4O6/c1-8-50-33(47)31(23-13-15-26(16-14-23)38(39,40)41)24-17-18-42-29(19-24)22(2)32(46)30(20-25-21-43-28-12-10-9-11-27(25)28)44-34(48)37(6,7)45-35(49)51-36(3,4)5/h9-16,18-19,21,30,43H,2,8,17,20H2,1,3-7H3,(H,44,48)(H,45,49)/b31-24-. The molecule has 1 aromatic heterocycles. The van der Waals surface area contributed by atoms with Crippen molar-refractivity contribution in [2.24, 2.45) is 4.99 Å². The number of carbonyl (C=O) groups excluding carboxylic acids is 4. The molecule has 1 aliphatic heterocycles. The zero-order chi connectivity index (χ0) is 37.7. The van der Waals surface area contributed by atoms with Gasteiger partial charge >= 0.3 is 18.2 Å². The van der Waals surface area contributed by atoms with Crippen LogP contribution in [0.4, 0.5) is 18.0 Å². The van der Waals surface area contributed by atoms with E-state index in [1.54, 1.807) is 33.9 Å². The smallest absolute Gasteiger partial charge is 0.416 e. The van der Waals surface area contributed by atoms with Crippen LogP contribution in [-0.2, 0) is 36.5 Å². The number of amides is 2. The van der Waals surface area contributed by atoms with Crippen molar-refractivity contribution in [3.63, 3.8) is 0 Å². The monoisotopic (exact) mass is 706 g/mol. The van der Waals surface area contributed by atoms with Gasteiger partial charge in [-0.2, -0.15) is 13.2 Å². The first kappa shape index (κ1) is 38.3. The number of carbonyl (C=O) groups is 4. The predicted molar refractivity (Wildman–Crippen MR) is 188 cm³/mol. The number of nitrogens with zero attached hydrogens (tertiary/aromatic N) is 1. The fourth-order valence-corrected chi connectivity index (χ4v) is 5.33. The van der Waals surface area contributed by atoms with Crippen molar-refractivity contribution in [2.45, 2.75) is 77.7 Å². The van der Waals surface area contributed by atoms with E-state index in [1.165, 1.54) is 38.3 Å². The number of ether oxygens (including phenoxy) is 2. The molecule has 1 aliphatic rings. The largest absolute Gasteiger partial charge is 0.462 e. The summed E-state index contributed by atoms with van der Waals surface area (Å²) in [5.41, 5.74) is -1.14. The van der Waals surface area contributed by atoms with Gasteiger partial charge < -0.3 is 25.1 Å². The maximum atomic E-state index is 14.2. The number of rotatable bonds is 11. The lowest BCUT2D eigenvalue weighted by Gasteiger charge is -2.29. The predicted octanol–water partition coefficient (Wildman–Crippen LogP) is 7.02. The molecule has 51 heavy (non-hydrogen) atoms. The number of allylic oxidation sites excluding steroid dienone is 3. The second-order valence-electron chi connectivity index (χ2n) is 13.4. The molecule has 270 valence electrons. The molecule has 1 atom stereocenters. The van der Waals surface area contributed by atoms with Gasteiger partial charge in [-0.05, 0) is 82.5 Å². The second-order valence-corrected chi connectivity index (χ2v) is 13.4. The fraction of sp³-hybridized carbons (Fsp3) is 0.342. The summed E-state index contributed by atoms with van der Waals surface area (Å²) < 4.78 is 50.4. The summed E-state index contributed by atoms with van der Waals surface area (Å²) in [4.78, 5) is 61.1. The quantitative estimate of drug-likeness (QED) is 0.145. The summed E-state index contributed by atoms with van der Waals surface area (Å²) in [6, 6.07) is 10.4. The van der Waals surface area contributed by atoms with Crippen molar-refractivity contribution >= 4 is 46.4 Å². The van der Waals surface area contributed by atoms with Gasteiger partial charge in [0, 0.05) is 41.7 Å². The van der Waals surface area contributed by atoms with E-state index in [4.69, 9.17) is 9.47 Å². The Hall–Kier alpha value is -5.46. The van der Waals surface area contributed by atoms with Crippen molar-refractivity contribution in [1.82, 2.24) is 15.6 Å². The Bertz CT molecular complexity index is 1930. The fourth-order valence-electron chi connectivity index (χ4n) is 5.33. The molecule has 0 aliphatic carbocycles. The number of aromatic nitrogens is 1. The Kier molecular flexibility index (Phi) is 11.4. The molecule has 4 rings (SSSR count). The first-order valence-electron chi connectivity index (χ1n) is 16.2. The number of nitrogens with one attached hydrogen (secondary N) is 3. The number of Topliss-reactive ketones (excluding diaryl/α,β-unsaturated/α-hetero) is 1. The van der Waals surface area contributed by atoms with Crippen LogP contribution in [0.1, 0.15) is 64.7 Å². The summed E-state index contributed by atoms with van der Waals surface area (Å²) in [7, 11) is 0. The lowest BCUT2D eigenvalue weighted by atomic mass is 9.91. The van der Waals surface area contributed by atoms with Gasteiger partial charge in [0.15, 0.2) is 5.78 Å². The lowest BCUT2D eigenvalue weighted by molar-refractivity contribution is -0.137. The number of halogens is 3. The minimum Gasteiger partial charge on any atom is -0.462 e. The van der Waals surface area contributed by atoms with Crippen LogP contribution in [0, 0.1) is 0 Å². The SMILES string of the molecule is C=C(C(=O)C(Cc1c[nH]c2ccccc12)NC(=O)C(C)(C)NC(=O)OC(C)(C)C)C1=C/C(=C(\C(=O)OCC)c2ccc(C(F)(F)F)cc2)CC=N1. The van der Waals surface area contributed by atoms with Gasteiger partial charge in [-0.15, -0.1) is 0 Å². The highest BCUT2D eigenvalue weighted by Crippen LogP contribution is 2.33. The summed E-state index contributed by atoms with van der Waals surface area (Å²) in [5, 5.41) is 6.14. The number of H-pyrrole nitrogens is 1. The number of alkyl carbamates (subject to hydrolysis) is 1. The molecule has 0 spiro atoms. The van der Waals surface area contributed by atoms with Gasteiger partial charge in [0.05, 0.1) is 29.5 Å². The van der Waals surface area contributed by atoms with Gasteiger partial charge in [0.25, 0.3) is 0 Å². The molecule has 1 unspecified atom stereocenters. The molecule has 0 fully saturated rings. The van der Waals surface area contributed by atoms with Gasteiger partial charge in [-0.1, -0.05) is 36.9 Å². The number of aromatic amines is 1. The number of para-hydroxylation sites is 1. The third-order valence-electron chi connectivity index (χ3n) is 7.86. The maximum absolute atomic E-state index is 14.2. The van der Waals surface area contributed by atoms with Gasteiger partial charge in [-0.25, -0.2) is 9.59 Å². The van der Waals surface area contributed by atoms with Gasteiger partial charge in [0.1, 0.15) is 11.1 Å². The average Bonchev–Trinajstić information content (AvgIpc) is 3.45. The van der Waals surface area contributed by atoms with Crippen molar-refractivity contribution in [3.8, 4) is 0 Å². The summed E-state index contributed by atoms with van der Waals surface area (Å²) >= 11 is 0. The lowest BCUT2D eigenvalue weighted by Crippen LogP contribution is -2.58. The Balaban J connectivity index is 1.70. The minimum absolute atomic E-state index is 0.00749. The van der Waals surface area contributed by atoms with E-state index in [0.29, 0.717) is 5.57 Å². The van der Waals surface area contributed by atoms with Crippen molar-refractivity contribution in [1.29, 1.82) is 0 Å². The van der Waals surface area contributed by atoms with E-state index in [1.807, 2.05) is 24.3 Å². The van der Waals surface area contributed by atoms with E-state index in [0.717, 1.165) is 28.6 Å². The topological polar surface area (TPSA) is 139 Å². The van der Waals surface area contributed by atoms with Crippen molar-refractivity contribution in [2.75, 3.05) is 6.61 Å². The van der Waals surface area contributed by atoms with Crippen LogP contribution < -0.4 is 10.6 Å². The molecule has 0 saturated carbocycles. The molecule has 0 radical (unpaired) electrons. The zero-order valence-corrected chi connectivity index (χ0v) is 29.3. The molecule has 0 bridgehead atoms. The number of benzene rings is 2. The second kappa shape index (κ2) is 15.2. The van der Waals surface area contributed by atoms with Crippen LogP contribution in [0.2, 0.25) is 0 Å². The van der Waals surface area contributed by atoms with Crippen LogP contribution >= 0.6 is 0 Å². The molecule has 0 saturated heterocycles. The number of esters is 1. The number of fused-ring (bicyclic) bond motifs is 1. The third-order valence-corrected chi connectivity index (χ3v) is 7.86. The molecule has 2 heterocycles. The molecular formula is C38H41F3N4O6. The summed E-state index contributed by atoms with van der Waals surface area (Å²) in [6.07, 6.45) is -0.597. The van der Waals surface area contributed by atoms with Crippen LogP contribution in [-0.4, -0.2) is 58.7 Å². The third kappa shape index (κ3) is 9.62. The minimum atomic E-state index is -4.57. The molecule has 2 aromatic carbocycles.